The Morgan fingerprint density at radius 1 is 1.17 bits per heavy atom. The van der Waals surface area contributed by atoms with E-state index >= 15 is 0 Å². The van der Waals surface area contributed by atoms with Gasteiger partial charge in [-0.15, -0.1) is 0 Å². The molecule has 0 bridgehead atoms. The number of methoxy groups -OCH3 is 1. The third kappa shape index (κ3) is 4.06. The van der Waals surface area contributed by atoms with E-state index in [0.29, 0.717) is 5.56 Å². The van der Waals surface area contributed by atoms with Gasteiger partial charge in [-0.25, -0.2) is 0 Å². The van der Waals surface area contributed by atoms with Crippen molar-refractivity contribution in [1.82, 2.24) is 10.6 Å². The third-order valence-corrected chi connectivity index (χ3v) is 4.17. The molecule has 2 aromatic carbocycles. The van der Waals surface area contributed by atoms with Gasteiger partial charge in [0.1, 0.15) is 5.75 Å². The average Bonchev–Trinajstić information content (AvgIpc) is 2.63. The summed E-state index contributed by atoms with van der Waals surface area (Å²) in [4.78, 5) is 12.6. The lowest BCUT2D eigenvalue weighted by molar-refractivity contribution is 0.0931. The van der Waals surface area contributed by atoms with Crippen LogP contribution in [0.1, 0.15) is 23.2 Å². The maximum absolute atomic E-state index is 12.6. The highest BCUT2D eigenvalue weighted by atomic mass is 16.5. The molecule has 24 heavy (non-hydrogen) atoms. The molecule has 1 amide bonds. The Labute approximate surface area is 142 Å². The van der Waals surface area contributed by atoms with E-state index < -0.39 is 0 Å². The van der Waals surface area contributed by atoms with Gasteiger partial charge in [-0.3, -0.25) is 4.79 Å². The van der Waals surface area contributed by atoms with E-state index in [1.807, 2.05) is 48.5 Å². The van der Waals surface area contributed by atoms with Crippen LogP contribution in [0.2, 0.25) is 0 Å². The highest BCUT2D eigenvalue weighted by Crippen LogP contribution is 2.23. The van der Waals surface area contributed by atoms with Crippen LogP contribution in [0.3, 0.4) is 0 Å². The summed E-state index contributed by atoms with van der Waals surface area (Å²) in [5.74, 6) is 0.761. The van der Waals surface area contributed by atoms with Crippen LogP contribution in [-0.2, 0) is 0 Å². The molecule has 0 radical (unpaired) electrons. The first-order valence-electron chi connectivity index (χ1n) is 8.28. The molecule has 0 saturated carbocycles. The number of nitrogens with one attached hydrogen (secondary N) is 3. The van der Waals surface area contributed by atoms with Crippen molar-refractivity contribution in [3.63, 3.8) is 0 Å². The van der Waals surface area contributed by atoms with Crippen molar-refractivity contribution in [1.29, 1.82) is 0 Å². The number of anilines is 2. The smallest absolute Gasteiger partial charge is 0.253 e. The standard InChI is InChI=1S/C19H23N3O2/c1-24-16-10-8-14(9-11-16)21-18-7-3-2-6-17(18)19(23)22-15-5-4-12-20-13-15/h2-3,6-11,15,20-21H,4-5,12-13H2,1H3,(H,22,23)/t15-/m0/s1. The number of amides is 1. The zero-order chi connectivity index (χ0) is 16.8. The number of hydrogen-bond donors (Lipinski definition) is 3. The first kappa shape index (κ1) is 16.3. The van der Waals surface area contributed by atoms with Gasteiger partial charge in [-0.2, -0.15) is 0 Å². The van der Waals surface area contributed by atoms with Crippen LogP contribution in [-0.4, -0.2) is 32.1 Å². The number of benzene rings is 2. The van der Waals surface area contributed by atoms with E-state index in [1.165, 1.54) is 0 Å². The summed E-state index contributed by atoms with van der Waals surface area (Å²) in [6, 6.07) is 15.4. The van der Waals surface area contributed by atoms with Gasteiger partial charge in [0, 0.05) is 18.3 Å². The first-order valence-corrected chi connectivity index (χ1v) is 8.28. The number of piperidine rings is 1. The summed E-state index contributed by atoms with van der Waals surface area (Å²) >= 11 is 0. The first-order chi connectivity index (χ1) is 11.8. The van der Waals surface area contributed by atoms with Gasteiger partial charge < -0.3 is 20.7 Å². The molecule has 1 heterocycles. The topological polar surface area (TPSA) is 62.4 Å². The van der Waals surface area contributed by atoms with Crippen molar-refractivity contribution < 1.29 is 9.53 Å². The van der Waals surface area contributed by atoms with Crippen LogP contribution >= 0.6 is 0 Å². The Kier molecular flexibility index (Phi) is 5.33. The van der Waals surface area contributed by atoms with Crippen LogP contribution in [0.5, 0.6) is 5.75 Å². The normalized spacial score (nSPS) is 17.1. The fraction of sp³-hybridized carbons (Fsp3) is 0.316. The largest absolute Gasteiger partial charge is 0.497 e. The van der Waals surface area contributed by atoms with Gasteiger partial charge in [0.2, 0.25) is 0 Å². The number of carbonyl (C=O) groups is 1. The molecular formula is C19H23N3O2. The minimum atomic E-state index is -0.0414. The van der Waals surface area contributed by atoms with E-state index in [-0.39, 0.29) is 11.9 Å². The lowest BCUT2D eigenvalue weighted by atomic mass is 10.1. The minimum Gasteiger partial charge on any atom is -0.497 e. The second kappa shape index (κ2) is 7.84. The molecule has 0 aliphatic carbocycles. The van der Waals surface area contributed by atoms with Crippen LogP contribution in [0.25, 0.3) is 0 Å². The molecular weight excluding hydrogens is 302 g/mol. The molecule has 5 nitrogen and oxygen atoms in total. The summed E-state index contributed by atoms with van der Waals surface area (Å²) in [5.41, 5.74) is 2.36. The zero-order valence-corrected chi connectivity index (χ0v) is 13.8. The van der Waals surface area contributed by atoms with Crippen LogP contribution in [0, 0.1) is 0 Å². The number of ether oxygens (including phenoxy) is 1. The highest BCUT2D eigenvalue weighted by molar-refractivity contribution is 6.00. The number of hydrogen-bond acceptors (Lipinski definition) is 4. The molecule has 3 N–H and O–H groups in total. The van der Waals surface area contributed by atoms with Gasteiger partial charge >= 0.3 is 0 Å². The van der Waals surface area contributed by atoms with E-state index in [1.54, 1.807) is 7.11 Å². The molecule has 0 aromatic heterocycles. The average molecular weight is 325 g/mol. The molecule has 1 aliphatic rings. The molecule has 0 spiro atoms. The molecule has 126 valence electrons. The van der Waals surface area contributed by atoms with Gasteiger partial charge in [0.05, 0.1) is 18.4 Å². The predicted octanol–water partition coefficient (Wildman–Crippen LogP) is 2.92. The molecule has 1 aliphatic heterocycles. The molecule has 2 aromatic rings. The molecule has 1 atom stereocenters. The molecule has 0 unspecified atom stereocenters. The minimum absolute atomic E-state index is 0.0414. The fourth-order valence-corrected chi connectivity index (χ4v) is 2.86. The number of para-hydroxylation sites is 1. The van der Waals surface area contributed by atoms with E-state index in [0.717, 1.165) is 43.1 Å². The molecule has 3 rings (SSSR count). The van der Waals surface area contributed by atoms with Crippen molar-refractivity contribution >= 4 is 17.3 Å². The SMILES string of the molecule is COc1ccc(Nc2ccccc2C(=O)N[C@H]2CCCNC2)cc1. The Hall–Kier alpha value is -2.53. The fourth-order valence-electron chi connectivity index (χ4n) is 2.86. The lowest BCUT2D eigenvalue weighted by Crippen LogP contribution is -2.45. The monoisotopic (exact) mass is 325 g/mol. The van der Waals surface area contributed by atoms with E-state index in [4.69, 9.17) is 4.74 Å². The van der Waals surface area contributed by atoms with Crippen molar-refractivity contribution in [2.45, 2.75) is 18.9 Å². The summed E-state index contributed by atoms with van der Waals surface area (Å²) in [6.45, 7) is 1.86. The molecule has 1 saturated heterocycles. The lowest BCUT2D eigenvalue weighted by Gasteiger charge is -2.24. The summed E-state index contributed by atoms with van der Waals surface area (Å²) in [6.07, 6.45) is 2.11. The second-order valence-corrected chi connectivity index (χ2v) is 5.92. The number of rotatable bonds is 5. The van der Waals surface area contributed by atoms with Crippen molar-refractivity contribution in [2.75, 3.05) is 25.5 Å². The predicted molar refractivity (Wildman–Crippen MR) is 96.1 cm³/mol. The third-order valence-electron chi connectivity index (χ3n) is 4.17. The van der Waals surface area contributed by atoms with E-state index in [2.05, 4.69) is 16.0 Å². The van der Waals surface area contributed by atoms with Crippen LogP contribution in [0.4, 0.5) is 11.4 Å². The molecule has 5 heteroatoms. The Morgan fingerprint density at radius 2 is 1.96 bits per heavy atom. The maximum atomic E-state index is 12.6. The van der Waals surface area contributed by atoms with Crippen LogP contribution < -0.4 is 20.7 Å². The summed E-state index contributed by atoms with van der Waals surface area (Å²) in [7, 11) is 1.64. The summed E-state index contributed by atoms with van der Waals surface area (Å²) in [5, 5.41) is 9.74. The van der Waals surface area contributed by atoms with Gasteiger partial charge in [0.25, 0.3) is 5.91 Å². The maximum Gasteiger partial charge on any atom is 0.253 e. The van der Waals surface area contributed by atoms with Gasteiger partial charge in [0.15, 0.2) is 0 Å². The van der Waals surface area contributed by atoms with Crippen molar-refractivity contribution in [3.8, 4) is 5.75 Å². The van der Waals surface area contributed by atoms with Crippen molar-refractivity contribution in [3.05, 3.63) is 54.1 Å². The zero-order valence-electron chi connectivity index (χ0n) is 13.8. The van der Waals surface area contributed by atoms with E-state index in [9.17, 15) is 4.79 Å². The highest BCUT2D eigenvalue weighted by Gasteiger charge is 2.18. The quantitative estimate of drug-likeness (QED) is 0.791. The number of carbonyl (C=O) groups excluding carboxylic acids is 1. The summed E-state index contributed by atoms with van der Waals surface area (Å²) < 4.78 is 5.17. The Balaban J connectivity index is 1.72. The van der Waals surface area contributed by atoms with Crippen LogP contribution in [0.15, 0.2) is 48.5 Å². The van der Waals surface area contributed by atoms with Crippen molar-refractivity contribution in [2.24, 2.45) is 0 Å². The second-order valence-electron chi connectivity index (χ2n) is 5.92. The van der Waals surface area contributed by atoms with Gasteiger partial charge in [-0.1, -0.05) is 12.1 Å². The Bertz CT molecular complexity index is 679. The van der Waals surface area contributed by atoms with Gasteiger partial charge in [-0.05, 0) is 55.8 Å². The molecule has 1 fully saturated rings. The Morgan fingerprint density at radius 3 is 2.67 bits per heavy atom.